The molecule has 0 aliphatic heterocycles. The number of rotatable bonds is 14. The maximum atomic E-state index is 10.1. The van der Waals surface area contributed by atoms with E-state index in [1.807, 2.05) is 7.05 Å². The zero-order valence-electron chi connectivity index (χ0n) is 14.7. The van der Waals surface area contributed by atoms with E-state index in [0.29, 0.717) is 6.04 Å². The van der Waals surface area contributed by atoms with Crippen molar-refractivity contribution in [1.82, 2.24) is 0 Å². The topological polar surface area (TPSA) is 20.2 Å². The van der Waals surface area contributed by atoms with Crippen molar-refractivity contribution in [2.45, 2.75) is 104 Å². The van der Waals surface area contributed by atoms with Crippen LogP contribution in [0.25, 0.3) is 0 Å². The summed E-state index contributed by atoms with van der Waals surface area (Å²) >= 11 is 0. The Kier molecular flexibility index (Phi) is 12.6. The van der Waals surface area contributed by atoms with Gasteiger partial charge in [-0.2, -0.15) is 4.65 Å². The van der Waals surface area contributed by atoms with Gasteiger partial charge in [0.25, 0.3) is 0 Å². The maximum Gasteiger partial charge on any atom is 0.113 e. The van der Waals surface area contributed by atoms with Crippen LogP contribution in [0.5, 0.6) is 0 Å². The number of nitrogens with zero attached hydrogens (tertiary/aromatic N) is 1. The summed E-state index contributed by atoms with van der Waals surface area (Å²) in [6, 6.07) is 0.308. The van der Waals surface area contributed by atoms with Crippen LogP contribution in [0.2, 0.25) is 0 Å². The fourth-order valence-electron chi connectivity index (χ4n) is 2.53. The first kappa shape index (κ1) is 19.9. The Morgan fingerprint density at radius 2 is 1.05 bits per heavy atom. The van der Waals surface area contributed by atoms with Crippen LogP contribution in [0.1, 0.15) is 97.8 Å². The highest BCUT2D eigenvalue weighted by atomic mass is 16.5. The summed E-state index contributed by atoms with van der Waals surface area (Å²) in [4.78, 5) is 0. The molecule has 0 fully saturated rings. The second-order valence-electron chi connectivity index (χ2n) is 6.92. The van der Waals surface area contributed by atoms with Crippen molar-refractivity contribution in [3.63, 3.8) is 0 Å². The average molecular weight is 287 g/mol. The number of unbranched alkanes of at least 4 members (excludes halogenated alkanes) is 11. The minimum absolute atomic E-state index is 0.178. The van der Waals surface area contributed by atoms with E-state index in [1.54, 1.807) is 0 Å². The van der Waals surface area contributed by atoms with Gasteiger partial charge in [-0.15, -0.1) is 0 Å². The molecule has 0 rings (SSSR count). The predicted molar refractivity (Wildman–Crippen MR) is 89.1 cm³/mol. The quantitative estimate of drug-likeness (QED) is 0.238. The normalized spacial score (nSPS) is 14.7. The molecular formula is C18H40NO+. The van der Waals surface area contributed by atoms with Crippen molar-refractivity contribution in [2.75, 3.05) is 13.6 Å². The van der Waals surface area contributed by atoms with Gasteiger partial charge in [-0.25, -0.2) is 5.21 Å². The molecule has 0 saturated carbocycles. The molecule has 0 aliphatic rings. The molecule has 0 spiro atoms. The zero-order valence-corrected chi connectivity index (χ0v) is 14.7. The molecule has 2 heteroatoms. The van der Waals surface area contributed by atoms with Crippen LogP contribution >= 0.6 is 0 Å². The van der Waals surface area contributed by atoms with Crippen LogP contribution in [0.3, 0.4) is 0 Å². The number of hydrogen-bond donors (Lipinski definition) is 1. The summed E-state index contributed by atoms with van der Waals surface area (Å²) < 4.78 is 0.178. The third kappa shape index (κ3) is 11.7. The van der Waals surface area contributed by atoms with Crippen LogP contribution < -0.4 is 0 Å². The third-order valence-corrected chi connectivity index (χ3v) is 4.58. The maximum absolute atomic E-state index is 10.1. The molecule has 1 unspecified atom stereocenters. The first-order chi connectivity index (χ1) is 9.50. The number of quaternary nitrogens is 1. The first-order valence-corrected chi connectivity index (χ1v) is 9.08. The minimum atomic E-state index is 0.178. The lowest BCUT2D eigenvalue weighted by Crippen LogP contribution is -2.47. The van der Waals surface area contributed by atoms with Gasteiger partial charge < -0.3 is 0 Å². The minimum Gasteiger partial charge on any atom is -0.217 e. The summed E-state index contributed by atoms with van der Waals surface area (Å²) in [6.07, 6.45) is 16.5. The van der Waals surface area contributed by atoms with Crippen molar-refractivity contribution in [3.05, 3.63) is 0 Å². The van der Waals surface area contributed by atoms with Gasteiger partial charge in [-0.3, -0.25) is 0 Å². The van der Waals surface area contributed by atoms with Gasteiger partial charge in [0.1, 0.15) is 12.6 Å². The Hall–Kier alpha value is -0.0800. The van der Waals surface area contributed by atoms with E-state index in [4.69, 9.17) is 0 Å². The number of hydroxylamine groups is 3. The molecule has 0 aromatic rings. The molecule has 1 N–H and O–H groups in total. The van der Waals surface area contributed by atoms with Crippen LogP contribution in [-0.2, 0) is 0 Å². The van der Waals surface area contributed by atoms with Crippen molar-refractivity contribution in [3.8, 4) is 0 Å². The summed E-state index contributed by atoms with van der Waals surface area (Å²) in [5.41, 5.74) is 0. The first-order valence-electron chi connectivity index (χ1n) is 9.08. The van der Waals surface area contributed by atoms with Crippen molar-refractivity contribution in [2.24, 2.45) is 0 Å². The fraction of sp³-hybridized carbons (Fsp3) is 1.00. The molecule has 0 aromatic carbocycles. The van der Waals surface area contributed by atoms with Crippen LogP contribution in [-0.4, -0.2) is 29.5 Å². The van der Waals surface area contributed by atoms with E-state index in [-0.39, 0.29) is 4.65 Å². The molecule has 0 radical (unpaired) electrons. The van der Waals surface area contributed by atoms with Crippen molar-refractivity contribution < 1.29 is 9.85 Å². The van der Waals surface area contributed by atoms with E-state index in [9.17, 15) is 5.21 Å². The van der Waals surface area contributed by atoms with Gasteiger partial charge in [0.05, 0.1) is 7.05 Å². The monoisotopic (exact) mass is 286 g/mol. The molecule has 1 atom stereocenters. The van der Waals surface area contributed by atoms with E-state index in [0.717, 1.165) is 13.0 Å². The molecule has 122 valence electrons. The zero-order chi connectivity index (χ0) is 15.3. The Bertz CT molecular complexity index is 202. The lowest BCUT2D eigenvalue weighted by molar-refractivity contribution is -1.10. The number of hydrogen-bond acceptors (Lipinski definition) is 1. The highest BCUT2D eigenvalue weighted by Crippen LogP contribution is 2.13. The molecule has 0 heterocycles. The van der Waals surface area contributed by atoms with Gasteiger partial charge >= 0.3 is 0 Å². The fourth-order valence-corrected chi connectivity index (χ4v) is 2.53. The van der Waals surface area contributed by atoms with Crippen LogP contribution in [0, 0.1) is 0 Å². The van der Waals surface area contributed by atoms with Crippen LogP contribution in [0.4, 0.5) is 0 Å². The molecular weight excluding hydrogens is 246 g/mol. The van der Waals surface area contributed by atoms with E-state index in [1.165, 1.54) is 70.6 Å². The molecule has 0 saturated heterocycles. The van der Waals surface area contributed by atoms with E-state index in [2.05, 4.69) is 20.8 Å². The lowest BCUT2D eigenvalue weighted by atomic mass is 10.1. The van der Waals surface area contributed by atoms with Gasteiger partial charge in [-0.05, 0) is 26.7 Å². The summed E-state index contributed by atoms with van der Waals surface area (Å²) in [5, 5.41) is 10.1. The van der Waals surface area contributed by atoms with Gasteiger partial charge in [0, 0.05) is 0 Å². The largest absolute Gasteiger partial charge is 0.217 e. The van der Waals surface area contributed by atoms with Gasteiger partial charge in [-0.1, -0.05) is 71.1 Å². The molecule has 2 nitrogen and oxygen atoms in total. The van der Waals surface area contributed by atoms with E-state index < -0.39 is 0 Å². The summed E-state index contributed by atoms with van der Waals surface area (Å²) in [5.74, 6) is 0. The Morgan fingerprint density at radius 1 is 0.700 bits per heavy atom. The Balaban J connectivity index is 3.17. The second kappa shape index (κ2) is 12.6. The summed E-state index contributed by atoms with van der Waals surface area (Å²) in [6.45, 7) is 7.34. The molecule has 20 heavy (non-hydrogen) atoms. The van der Waals surface area contributed by atoms with Gasteiger partial charge in [0.2, 0.25) is 0 Å². The highest BCUT2D eigenvalue weighted by molar-refractivity contribution is 4.48. The summed E-state index contributed by atoms with van der Waals surface area (Å²) in [7, 11) is 1.92. The van der Waals surface area contributed by atoms with Crippen LogP contribution in [0.15, 0.2) is 0 Å². The highest BCUT2D eigenvalue weighted by Gasteiger charge is 2.22. The second-order valence-corrected chi connectivity index (χ2v) is 6.92. The smallest absolute Gasteiger partial charge is 0.113 e. The molecule has 0 aromatic heterocycles. The predicted octanol–water partition coefficient (Wildman–Crippen LogP) is 5.93. The third-order valence-electron chi connectivity index (χ3n) is 4.58. The van der Waals surface area contributed by atoms with E-state index >= 15 is 0 Å². The standard InChI is InChI=1S/C18H40NO/c1-5-6-7-8-9-10-11-12-13-14-15-16-17-19(4,20)18(2)3/h18,20H,5-17H2,1-4H3/q+1. The van der Waals surface area contributed by atoms with Gasteiger partial charge in [0.15, 0.2) is 0 Å². The molecule has 0 amide bonds. The Labute approximate surface area is 128 Å². The molecule has 0 aliphatic carbocycles. The molecule has 0 bridgehead atoms. The lowest BCUT2D eigenvalue weighted by Gasteiger charge is -2.29. The van der Waals surface area contributed by atoms with Crippen molar-refractivity contribution in [1.29, 1.82) is 0 Å². The average Bonchev–Trinajstić information content (AvgIpc) is 2.39. The SMILES string of the molecule is CCCCCCCCCCCCCC[N+](C)(O)C(C)C. The Morgan fingerprint density at radius 3 is 1.40 bits per heavy atom. The van der Waals surface area contributed by atoms with Crippen molar-refractivity contribution >= 4 is 0 Å².